The van der Waals surface area contributed by atoms with Crippen LogP contribution in [0.4, 0.5) is 0 Å². The normalized spacial score (nSPS) is 36.5. The first-order valence-corrected chi connectivity index (χ1v) is 10.3. The molecule has 142 valence electrons. The van der Waals surface area contributed by atoms with Crippen molar-refractivity contribution in [1.82, 2.24) is 5.32 Å². The van der Waals surface area contributed by atoms with Gasteiger partial charge in [0.05, 0.1) is 11.0 Å². The second kappa shape index (κ2) is 5.39. The minimum atomic E-state index is -0.736. The molecule has 0 bridgehead atoms. The maximum absolute atomic E-state index is 11.8. The molecule has 1 aromatic rings. The minimum Gasteiger partial charge on any atom is -0.504 e. The number of aromatic hydroxyl groups is 1. The number of phenols is 1. The van der Waals surface area contributed by atoms with Gasteiger partial charge in [0.15, 0.2) is 11.5 Å². The number of hydrogen-bond donors (Lipinski definition) is 3. The van der Waals surface area contributed by atoms with Gasteiger partial charge in [0.2, 0.25) is 0 Å². The zero-order valence-electron chi connectivity index (χ0n) is 16.0. The van der Waals surface area contributed by atoms with E-state index < -0.39 is 11.0 Å². The van der Waals surface area contributed by atoms with Crippen LogP contribution in [-0.2, 0) is 11.8 Å². The van der Waals surface area contributed by atoms with Gasteiger partial charge in [0.25, 0.3) is 0 Å². The Morgan fingerprint density at radius 1 is 1.19 bits per heavy atom. The van der Waals surface area contributed by atoms with Gasteiger partial charge in [-0.2, -0.15) is 0 Å². The molecule has 4 aliphatic rings. The monoisotopic (exact) mass is 357 g/mol. The quantitative estimate of drug-likeness (QED) is 0.708. The summed E-state index contributed by atoms with van der Waals surface area (Å²) in [5.74, 6) is 1.72. The van der Waals surface area contributed by atoms with Gasteiger partial charge in [-0.1, -0.05) is 19.9 Å². The van der Waals surface area contributed by atoms with E-state index in [1.165, 1.54) is 18.4 Å². The second-order valence-corrected chi connectivity index (χ2v) is 9.83. The molecule has 1 heterocycles. The van der Waals surface area contributed by atoms with Crippen LogP contribution >= 0.6 is 0 Å². The molecule has 26 heavy (non-hydrogen) atoms. The summed E-state index contributed by atoms with van der Waals surface area (Å²) in [5.41, 5.74) is 1.19. The molecule has 2 fully saturated rings. The van der Waals surface area contributed by atoms with E-state index in [2.05, 4.69) is 19.2 Å². The molecule has 0 saturated heterocycles. The third-order valence-electron chi connectivity index (χ3n) is 7.71. The largest absolute Gasteiger partial charge is 0.504 e. The summed E-state index contributed by atoms with van der Waals surface area (Å²) in [6.45, 7) is 6.49. The zero-order chi connectivity index (χ0) is 18.2. The molecule has 0 aromatic heterocycles. The Balaban J connectivity index is 1.60. The summed E-state index contributed by atoms with van der Waals surface area (Å²) in [6, 6.07) is 3.81. The number of hydrogen-bond acceptors (Lipinski definition) is 4. The van der Waals surface area contributed by atoms with E-state index in [0.717, 1.165) is 56.7 Å². The molecule has 0 radical (unpaired) electrons. The molecule has 2 saturated carbocycles. The van der Waals surface area contributed by atoms with Crippen molar-refractivity contribution in [1.29, 1.82) is 0 Å². The summed E-state index contributed by atoms with van der Waals surface area (Å²) in [5, 5.41) is 26.0. The summed E-state index contributed by atoms with van der Waals surface area (Å²) in [4.78, 5) is 0. The fraction of sp³-hybridized carbons (Fsp3) is 0.727. The number of aryl methyl sites for hydroxylation is 1. The lowest BCUT2D eigenvalue weighted by atomic mass is 9.48. The lowest BCUT2D eigenvalue weighted by molar-refractivity contribution is -0.157. The fourth-order valence-electron chi connectivity index (χ4n) is 6.06. The summed E-state index contributed by atoms with van der Waals surface area (Å²) in [6.07, 6.45) is 6.91. The molecule has 3 N–H and O–H groups in total. The van der Waals surface area contributed by atoms with Crippen molar-refractivity contribution in [2.75, 3.05) is 13.1 Å². The van der Waals surface area contributed by atoms with Crippen LogP contribution in [0.5, 0.6) is 11.5 Å². The van der Waals surface area contributed by atoms with Gasteiger partial charge in [-0.3, -0.25) is 0 Å². The van der Waals surface area contributed by atoms with Crippen LogP contribution in [0.1, 0.15) is 63.5 Å². The van der Waals surface area contributed by atoms with E-state index in [9.17, 15) is 10.2 Å². The van der Waals surface area contributed by atoms with Gasteiger partial charge in [0, 0.05) is 11.0 Å². The van der Waals surface area contributed by atoms with Crippen molar-refractivity contribution < 1.29 is 14.9 Å². The molecule has 0 spiro atoms. The maximum Gasteiger partial charge on any atom is 0.165 e. The lowest BCUT2D eigenvalue weighted by Crippen LogP contribution is -2.67. The predicted molar refractivity (Wildman–Crippen MR) is 101 cm³/mol. The van der Waals surface area contributed by atoms with Crippen molar-refractivity contribution in [3.63, 3.8) is 0 Å². The van der Waals surface area contributed by atoms with Crippen LogP contribution in [0.2, 0.25) is 0 Å². The minimum absolute atomic E-state index is 0.0250. The Hall–Kier alpha value is -1.26. The average Bonchev–Trinajstić information content (AvgIpc) is 3.35. The van der Waals surface area contributed by atoms with Crippen LogP contribution in [0.3, 0.4) is 0 Å². The highest BCUT2D eigenvalue weighted by Crippen LogP contribution is 2.66. The van der Waals surface area contributed by atoms with E-state index in [1.54, 1.807) is 6.07 Å². The molecule has 0 unspecified atom stereocenters. The number of aliphatic hydroxyl groups is 1. The summed E-state index contributed by atoms with van der Waals surface area (Å²) < 4.78 is 6.47. The highest BCUT2D eigenvalue weighted by molar-refractivity contribution is 5.61. The molecule has 3 atom stereocenters. The third kappa shape index (κ3) is 2.15. The zero-order valence-corrected chi connectivity index (χ0v) is 16.0. The Bertz CT molecular complexity index is 741. The number of phenolic OH excluding ortho intramolecular Hbond substituents is 1. The van der Waals surface area contributed by atoms with Crippen LogP contribution in [0.15, 0.2) is 12.1 Å². The molecule has 5 rings (SSSR count). The van der Waals surface area contributed by atoms with Gasteiger partial charge < -0.3 is 20.3 Å². The average molecular weight is 357 g/mol. The molecule has 0 amide bonds. The van der Waals surface area contributed by atoms with Crippen molar-refractivity contribution in [2.45, 2.75) is 75.9 Å². The first kappa shape index (κ1) is 16.9. The highest BCUT2D eigenvalue weighted by atomic mass is 16.5. The smallest absolute Gasteiger partial charge is 0.165 e. The molecule has 1 aromatic carbocycles. The Morgan fingerprint density at radius 2 is 2.00 bits per heavy atom. The van der Waals surface area contributed by atoms with E-state index >= 15 is 0 Å². The van der Waals surface area contributed by atoms with E-state index in [1.807, 2.05) is 6.07 Å². The topological polar surface area (TPSA) is 61.7 Å². The van der Waals surface area contributed by atoms with Gasteiger partial charge in [0.1, 0.15) is 6.10 Å². The first-order valence-electron chi connectivity index (χ1n) is 10.3. The second-order valence-electron chi connectivity index (χ2n) is 9.83. The highest BCUT2D eigenvalue weighted by Gasteiger charge is 2.69. The molecular weight excluding hydrogens is 326 g/mol. The Kier molecular flexibility index (Phi) is 3.50. The van der Waals surface area contributed by atoms with Crippen molar-refractivity contribution >= 4 is 0 Å². The SMILES string of the molecule is CC1(C)CC[C@@]2(O)CCc3ccc(O)c4c3[C@@]2(CCNCC2CC2)[C@H]1O4. The molecule has 1 aliphatic heterocycles. The molecule has 4 heteroatoms. The van der Waals surface area contributed by atoms with E-state index in [-0.39, 0.29) is 17.3 Å². The Labute approximate surface area is 155 Å². The number of ether oxygens (including phenoxy) is 1. The van der Waals surface area contributed by atoms with Crippen LogP contribution < -0.4 is 10.1 Å². The summed E-state index contributed by atoms with van der Waals surface area (Å²) >= 11 is 0. The van der Waals surface area contributed by atoms with Crippen molar-refractivity contribution in [3.05, 3.63) is 23.3 Å². The first-order chi connectivity index (χ1) is 12.4. The molecule has 4 nitrogen and oxygen atoms in total. The van der Waals surface area contributed by atoms with Crippen molar-refractivity contribution in [2.24, 2.45) is 11.3 Å². The fourth-order valence-corrected chi connectivity index (χ4v) is 6.06. The summed E-state index contributed by atoms with van der Waals surface area (Å²) in [7, 11) is 0. The van der Waals surface area contributed by atoms with Gasteiger partial charge >= 0.3 is 0 Å². The standard InChI is InChI=1S/C22H31NO3/c1-20(2)9-10-21(25)8-7-15-5-6-16(24)18-17(15)22(21,19(20)26-18)11-12-23-13-14-3-4-14/h5-6,14,19,23-25H,3-4,7-13H2,1-2H3/t19-,21-,22-/m0/s1. The third-order valence-corrected chi connectivity index (χ3v) is 7.71. The molecular formula is C22H31NO3. The van der Waals surface area contributed by atoms with Gasteiger partial charge in [-0.25, -0.2) is 0 Å². The van der Waals surface area contributed by atoms with Gasteiger partial charge in [-0.05, 0) is 75.6 Å². The van der Waals surface area contributed by atoms with Crippen LogP contribution in [-0.4, -0.2) is 35.0 Å². The predicted octanol–water partition coefficient (Wildman–Crippen LogP) is 3.28. The van der Waals surface area contributed by atoms with Crippen LogP contribution in [0.25, 0.3) is 0 Å². The Morgan fingerprint density at radius 3 is 2.77 bits per heavy atom. The maximum atomic E-state index is 11.8. The number of benzene rings is 1. The van der Waals surface area contributed by atoms with Gasteiger partial charge in [-0.15, -0.1) is 0 Å². The number of rotatable bonds is 5. The lowest BCUT2D eigenvalue weighted by Gasteiger charge is -2.58. The van der Waals surface area contributed by atoms with E-state index in [0.29, 0.717) is 5.75 Å². The van der Waals surface area contributed by atoms with E-state index in [4.69, 9.17) is 4.74 Å². The van der Waals surface area contributed by atoms with Crippen molar-refractivity contribution in [3.8, 4) is 11.5 Å². The van der Waals surface area contributed by atoms with Crippen LogP contribution in [0, 0.1) is 11.3 Å². The number of nitrogens with one attached hydrogen (secondary N) is 1. The molecule has 3 aliphatic carbocycles.